The van der Waals surface area contributed by atoms with Gasteiger partial charge in [-0.25, -0.2) is 0 Å². The van der Waals surface area contributed by atoms with Crippen molar-refractivity contribution < 1.29 is 9.59 Å². The summed E-state index contributed by atoms with van der Waals surface area (Å²) >= 11 is 0. The van der Waals surface area contributed by atoms with E-state index in [0.29, 0.717) is 13.0 Å². The van der Waals surface area contributed by atoms with Crippen LogP contribution < -0.4 is 15.9 Å². The average molecular weight is 388 g/mol. The zero-order chi connectivity index (χ0) is 19.6. The second-order valence-corrected chi connectivity index (χ2v) is 10.7. The Morgan fingerprint density at radius 2 is 1.18 bits per heavy atom. The molecule has 0 spiro atoms. The van der Waals surface area contributed by atoms with Crippen LogP contribution in [0.3, 0.4) is 0 Å². The lowest BCUT2D eigenvalue weighted by atomic mass is 10.3. The highest BCUT2D eigenvalue weighted by Gasteiger charge is 2.59. The molecule has 3 aromatic rings. The molecule has 1 unspecified atom stereocenters. The molecule has 1 aliphatic rings. The van der Waals surface area contributed by atoms with E-state index in [1.54, 1.807) is 0 Å². The van der Waals surface area contributed by atoms with Crippen LogP contribution in [0.4, 0.5) is 0 Å². The molecule has 0 aromatic heterocycles. The van der Waals surface area contributed by atoms with Crippen molar-refractivity contribution >= 4 is 35.0 Å². The van der Waals surface area contributed by atoms with E-state index in [1.165, 1.54) is 27.7 Å². The molecule has 4 rings (SSSR count). The van der Waals surface area contributed by atoms with Gasteiger partial charge in [-0.15, -0.1) is 0 Å². The lowest BCUT2D eigenvalue weighted by molar-refractivity contribution is -0.140. The highest BCUT2D eigenvalue weighted by molar-refractivity contribution is 7.96. The molecular weight excluding hydrogens is 365 g/mol. The first-order valence-electron chi connectivity index (χ1n) is 9.53. The molecule has 140 valence electrons. The first-order valence-corrected chi connectivity index (χ1v) is 11.4. The van der Waals surface area contributed by atoms with E-state index in [4.69, 9.17) is 0 Å². The van der Waals surface area contributed by atoms with E-state index in [2.05, 4.69) is 36.4 Å². The maximum Gasteiger partial charge on any atom is 0.271 e. The summed E-state index contributed by atoms with van der Waals surface area (Å²) in [6.45, 7) is 1.97. The molecule has 28 heavy (non-hydrogen) atoms. The zero-order valence-electron chi connectivity index (χ0n) is 15.9. The van der Waals surface area contributed by atoms with Gasteiger partial charge in [0.25, 0.3) is 5.91 Å². The Hall–Kier alpha value is -2.77. The van der Waals surface area contributed by atoms with E-state index in [9.17, 15) is 9.59 Å². The molecule has 0 aliphatic carbocycles. The number of likely N-dealkylation sites (tertiary alicyclic amines) is 1. The number of hydrogen-bond donors (Lipinski definition) is 0. The topological polar surface area (TPSA) is 37.4 Å². The summed E-state index contributed by atoms with van der Waals surface area (Å²) in [7, 11) is -2.28. The summed E-state index contributed by atoms with van der Waals surface area (Å²) in [6.07, 6.45) is 0.685. The minimum absolute atomic E-state index is 0.0441. The molecule has 0 N–H and O–H groups in total. The van der Waals surface area contributed by atoms with Crippen molar-refractivity contribution in [3.05, 3.63) is 91.0 Å². The summed E-state index contributed by atoms with van der Waals surface area (Å²) in [4.78, 5) is 26.9. The summed E-state index contributed by atoms with van der Waals surface area (Å²) in [5.74, 6) is -0.211. The summed E-state index contributed by atoms with van der Waals surface area (Å²) < 4.78 is 0. The van der Waals surface area contributed by atoms with Crippen LogP contribution in [0.5, 0.6) is 0 Å². The molecule has 4 heteroatoms. The van der Waals surface area contributed by atoms with E-state index >= 15 is 0 Å². The predicted molar refractivity (Wildman–Crippen MR) is 116 cm³/mol. The predicted octanol–water partition coefficient (Wildman–Crippen LogP) is 3.13. The van der Waals surface area contributed by atoms with Crippen LogP contribution in [0.15, 0.2) is 91.0 Å². The number of rotatable bonds is 4. The number of hydrogen-bond acceptors (Lipinski definition) is 2. The Bertz CT molecular complexity index is 877. The molecule has 3 aromatic carbocycles. The van der Waals surface area contributed by atoms with E-state index in [-0.39, 0.29) is 17.5 Å². The van der Waals surface area contributed by atoms with Crippen LogP contribution >= 0.6 is 7.26 Å². The minimum atomic E-state index is -2.28. The molecule has 1 fully saturated rings. The highest BCUT2D eigenvalue weighted by atomic mass is 31.2. The van der Waals surface area contributed by atoms with Crippen molar-refractivity contribution in [1.29, 1.82) is 0 Å². The molecule has 1 atom stereocenters. The second kappa shape index (κ2) is 7.69. The molecular formula is C24H23NO2P+. The SMILES string of the molecule is CC(=O)N1CCC([P+](c2ccccc2)(c2ccccc2)c2ccccc2)C1=O. The Balaban J connectivity index is 2.03. The van der Waals surface area contributed by atoms with Gasteiger partial charge in [-0.2, -0.15) is 0 Å². The van der Waals surface area contributed by atoms with Crippen LogP contribution in [0.1, 0.15) is 13.3 Å². The first kappa shape index (κ1) is 18.6. The maximum atomic E-state index is 13.4. The fourth-order valence-electron chi connectivity index (χ4n) is 4.31. The summed E-state index contributed by atoms with van der Waals surface area (Å²) in [5.41, 5.74) is -0.233. The van der Waals surface area contributed by atoms with Crippen LogP contribution in [-0.4, -0.2) is 28.9 Å². The average Bonchev–Trinajstić information content (AvgIpc) is 3.13. The lowest BCUT2D eigenvalue weighted by Gasteiger charge is -2.31. The monoisotopic (exact) mass is 388 g/mol. The van der Waals surface area contributed by atoms with Gasteiger partial charge < -0.3 is 0 Å². The Morgan fingerprint density at radius 1 is 0.786 bits per heavy atom. The normalized spacial score (nSPS) is 17.0. The quantitative estimate of drug-likeness (QED) is 0.644. The minimum Gasteiger partial charge on any atom is -0.279 e. The Kier molecular flexibility index (Phi) is 5.11. The van der Waals surface area contributed by atoms with Gasteiger partial charge >= 0.3 is 0 Å². The van der Waals surface area contributed by atoms with Gasteiger partial charge in [-0.05, 0) is 36.4 Å². The fourth-order valence-corrected chi connectivity index (χ4v) is 9.19. The van der Waals surface area contributed by atoms with Gasteiger partial charge in [0.2, 0.25) is 5.91 Å². The van der Waals surface area contributed by atoms with Gasteiger partial charge in [0.05, 0.1) is 0 Å². The smallest absolute Gasteiger partial charge is 0.271 e. The van der Waals surface area contributed by atoms with Gasteiger partial charge in [0.15, 0.2) is 5.66 Å². The van der Waals surface area contributed by atoms with E-state index in [0.717, 1.165) is 0 Å². The molecule has 0 radical (unpaired) electrons. The van der Waals surface area contributed by atoms with Gasteiger partial charge in [-0.1, -0.05) is 54.6 Å². The zero-order valence-corrected chi connectivity index (χ0v) is 16.8. The van der Waals surface area contributed by atoms with E-state index < -0.39 is 7.26 Å². The van der Waals surface area contributed by atoms with Crippen LogP contribution in [0.25, 0.3) is 0 Å². The standard InChI is InChI=1S/C24H23NO2P/c1-19(26)25-18-17-23(24(25)27)28(20-11-5-2-6-12-20,21-13-7-3-8-14-21)22-15-9-4-10-16-22/h2-16,23H,17-18H2,1H3/q+1. The number of carbonyl (C=O) groups excluding carboxylic acids is 2. The van der Waals surface area contributed by atoms with Crippen LogP contribution in [-0.2, 0) is 9.59 Å². The van der Waals surface area contributed by atoms with Gasteiger partial charge in [0, 0.05) is 19.9 Å². The maximum absolute atomic E-state index is 13.4. The van der Waals surface area contributed by atoms with Crippen molar-refractivity contribution in [3.8, 4) is 0 Å². The van der Waals surface area contributed by atoms with E-state index in [1.807, 2.05) is 54.6 Å². The molecule has 1 saturated heterocycles. The number of imide groups is 1. The third-order valence-electron chi connectivity index (χ3n) is 5.52. The molecule has 0 saturated carbocycles. The first-order chi connectivity index (χ1) is 13.7. The fraction of sp³-hybridized carbons (Fsp3) is 0.167. The van der Waals surface area contributed by atoms with Gasteiger partial charge in [0.1, 0.15) is 23.2 Å². The lowest BCUT2D eigenvalue weighted by Crippen LogP contribution is -2.43. The van der Waals surface area contributed by atoms with Crippen LogP contribution in [0.2, 0.25) is 0 Å². The molecule has 2 amide bonds. The van der Waals surface area contributed by atoms with Gasteiger partial charge in [-0.3, -0.25) is 14.5 Å². The molecule has 0 bridgehead atoms. The van der Waals surface area contributed by atoms with Crippen LogP contribution in [0, 0.1) is 0 Å². The third kappa shape index (κ3) is 2.96. The molecule has 3 nitrogen and oxygen atoms in total. The Labute approximate surface area is 166 Å². The Morgan fingerprint density at radius 3 is 1.50 bits per heavy atom. The third-order valence-corrected chi connectivity index (χ3v) is 10.3. The van der Waals surface area contributed by atoms with Crippen molar-refractivity contribution in [2.24, 2.45) is 0 Å². The largest absolute Gasteiger partial charge is 0.279 e. The number of benzene rings is 3. The number of carbonyl (C=O) groups is 2. The van der Waals surface area contributed by atoms with Crippen molar-refractivity contribution in [2.45, 2.75) is 19.0 Å². The highest BCUT2D eigenvalue weighted by Crippen LogP contribution is 2.62. The van der Waals surface area contributed by atoms with Crippen molar-refractivity contribution in [3.63, 3.8) is 0 Å². The van der Waals surface area contributed by atoms with Crippen molar-refractivity contribution in [2.75, 3.05) is 6.54 Å². The molecule has 1 heterocycles. The molecule has 1 aliphatic heterocycles. The second-order valence-electron chi connectivity index (χ2n) is 7.04. The van der Waals surface area contributed by atoms with Crippen molar-refractivity contribution in [1.82, 2.24) is 4.90 Å². The summed E-state index contributed by atoms with van der Waals surface area (Å²) in [5, 5.41) is 3.53. The number of nitrogens with zero attached hydrogens (tertiary/aromatic N) is 1. The number of amides is 2. The summed E-state index contributed by atoms with van der Waals surface area (Å²) in [6, 6.07) is 31.1.